The van der Waals surface area contributed by atoms with Crippen molar-refractivity contribution >= 4 is 22.7 Å². The standard InChI is InChI=1S/C19H22N4O2/c1-4-7-13-17(12(3)24)11(2)21-18(13)19(25)20-10-16-22-14-8-5-6-9-15(14)23-16/h5-6,8-9,21H,4,7,10H2,1-3H3,(H,20,25)(H,22,23). The van der Waals surface area contributed by atoms with E-state index in [2.05, 4.69) is 20.3 Å². The van der Waals surface area contributed by atoms with Gasteiger partial charge in [0.25, 0.3) is 5.91 Å². The molecule has 3 aromatic rings. The number of hydrogen-bond acceptors (Lipinski definition) is 3. The fourth-order valence-corrected chi connectivity index (χ4v) is 3.19. The van der Waals surface area contributed by atoms with Crippen molar-refractivity contribution in [1.29, 1.82) is 0 Å². The minimum absolute atomic E-state index is 0.0199. The van der Waals surface area contributed by atoms with Crippen molar-refractivity contribution < 1.29 is 9.59 Å². The predicted octanol–water partition coefficient (Wildman–Crippen LogP) is 3.28. The topological polar surface area (TPSA) is 90.6 Å². The van der Waals surface area contributed by atoms with E-state index >= 15 is 0 Å². The van der Waals surface area contributed by atoms with Crippen molar-refractivity contribution in [3.8, 4) is 0 Å². The molecule has 3 N–H and O–H groups in total. The summed E-state index contributed by atoms with van der Waals surface area (Å²) in [7, 11) is 0. The molecule has 2 heterocycles. The molecule has 0 aliphatic heterocycles. The molecule has 6 nitrogen and oxygen atoms in total. The number of para-hydroxylation sites is 2. The highest BCUT2D eigenvalue weighted by molar-refractivity contribution is 6.02. The van der Waals surface area contributed by atoms with Crippen LogP contribution in [0.3, 0.4) is 0 Å². The Kier molecular flexibility index (Phi) is 4.70. The van der Waals surface area contributed by atoms with Crippen LogP contribution in [0.25, 0.3) is 11.0 Å². The fraction of sp³-hybridized carbons (Fsp3) is 0.316. The third kappa shape index (κ3) is 3.33. The van der Waals surface area contributed by atoms with Crippen LogP contribution in [0.15, 0.2) is 24.3 Å². The maximum absolute atomic E-state index is 12.6. The molecule has 1 aromatic carbocycles. The lowest BCUT2D eigenvalue weighted by atomic mass is 10.0. The van der Waals surface area contributed by atoms with Crippen LogP contribution in [0.1, 0.15) is 58.2 Å². The number of carbonyl (C=O) groups excluding carboxylic acids is 2. The van der Waals surface area contributed by atoms with Crippen LogP contribution in [0.4, 0.5) is 0 Å². The Balaban J connectivity index is 1.81. The predicted molar refractivity (Wildman–Crippen MR) is 96.8 cm³/mol. The second-order valence-electron chi connectivity index (χ2n) is 6.17. The first-order valence-corrected chi connectivity index (χ1v) is 8.45. The van der Waals surface area contributed by atoms with E-state index in [1.165, 1.54) is 6.92 Å². The zero-order chi connectivity index (χ0) is 18.0. The summed E-state index contributed by atoms with van der Waals surface area (Å²) < 4.78 is 0. The van der Waals surface area contributed by atoms with Crippen LogP contribution >= 0.6 is 0 Å². The Hall–Kier alpha value is -2.89. The van der Waals surface area contributed by atoms with Gasteiger partial charge >= 0.3 is 0 Å². The second-order valence-corrected chi connectivity index (χ2v) is 6.17. The number of aromatic amines is 2. The summed E-state index contributed by atoms with van der Waals surface area (Å²) in [6, 6.07) is 7.73. The van der Waals surface area contributed by atoms with Gasteiger partial charge in [-0.05, 0) is 38.0 Å². The molecule has 0 fully saturated rings. The van der Waals surface area contributed by atoms with Gasteiger partial charge < -0.3 is 15.3 Å². The Morgan fingerprint density at radius 2 is 1.96 bits per heavy atom. The van der Waals surface area contributed by atoms with Crippen molar-refractivity contribution in [2.45, 2.75) is 40.2 Å². The average Bonchev–Trinajstić information content (AvgIpc) is 3.13. The highest BCUT2D eigenvalue weighted by Gasteiger charge is 2.22. The lowest BCUT2D eigenvalue weighted by molar-refractivity contribution is 0.0944. The van der Waals surface area contributed by atoms with Crippen LogP contribution in [-0.2, 0) is 13.0 Å². The third-order valence-corrected chi connectivity index (χ3v) is 4.22. The van der Waals surface area contributed by atoms with E-state index in [1.807, 2.05) is 38.1 Å². The molecule has 6 heteroatoms. The summed E-state index contributed by atoms with van der Waals surface area (Å²) in [5.41, 5.74) is 4.46. The van der Waals surface area contributed by atoms with E-state index in [4.69, 9.17) is 0 Å². The van der Waals surface area contributed by atoms with Gasteiger partial charge in [0.2, 0.25) is 0 Å². The van der Waals surface area contributed by atoms with Crippen LogP contribution in [0.2, 0.25) is 0 Å². The molecule has 0 atom stereocenters. The van der Waals surface area contributed by atoms with Gasteiger partial charge in [-0.2, -0.15) is 0 Å². The average molecular weight is 338 g/mol. The van der Waals surface area contributed by atoms with E-state index in [0.717, 1.165) is 28.7 Å². The molecule has 0 unspecified atom stereocenters. The quantitative estimate of drug-likeness (QED) is 0.602. The molecule has 2 aromatic heterocycles. The number of ketones is 1. The number of H-pyrrole nitrogens is 2. The number of hydrogen-bond donors (Lipinski definition) is 3. The van der Waals surface area contributed by atoms with Crippen molar-refractivity contribution in [3.05, 3.63) is 52.6 Å². The van der Waals surface area contributed by atoms with Gasteiger partial charge in [0.1, 0.15) is 11.5 Å². The molecule has 25 heavy (non-hydrogen) atoms. The zero-order valence-corrected chi connectivity index (χ0v) is 14.7. The molecular formula is C19H22N4O2. The number of nitrogens with one attached hydrogen (secondary N) is 3. The lowest BCUT2D eigenvalue weighted by Gasteiger charge is -2.06. The summed E-state index contributed by atoms with van der Waals surface area (Å²) in [4.78, 5) is 35.3. The highest BCUT2D eigenvalue weighted by atomic mass is 16.2. The maximum atomic E-state index is 12.6. The largest absolute Gasteiger partial charge is 0.354 e. The van der Waals surface area contributed by atoms with Crippen LogP contribution < -0.4 is 5.32 Å². The zero-order valence-electron chi connectivity index (χ0n) is 14.7. The highest BCUT2D eigenvalue weighted by Crippen LogP contribution is 2.21. The number of Topliss-reactive ketones (excluding diaryl/α,β-unsaturated/α-hetero) is 1. The number of benzene rings is 1. The number of carbonyl (C=O) groups is 2. The third-order valence-electron chi connectivity index (χ3n) is 4.22. The Morgan fingerprint density at radius 1 is 1.20 bits per heavy atom. The number of nitrogens with zero attached hydrogens (tertiary/aromatic N) is 1. The minimum Gasteiger partial charge on any atom is -0.354 e. The number of amides is 1. The SMILES string of the molecule is CCCc1c(C(=O)NCc2nc3ccccc3[nH]2)[nH]c(C)c1C(C)=O. The summed E-state index contributed by atoms with van der Waals surface area (Å²) >= 11 is 0. The lowest BCUT2D eigenvalue weighted by Crippen LogP contribution is -2.25. The van der Waals surface area contributed by atoms with Crippen LogP contribution in [0, 0.1) is 6.92 Å². The molecular weight excluding hydrogens is 316 g/mol. The summed E-state index contributed by atoms with van der Waals surface area (Å²) in [6.45, 7) is 5.69. The first-order valence-electron chi connectivity index (χ1n) is 8.45. The van der Waals surface area contributed by atoms with Crippen LogP contribution in [0.5, 0.6) is 0 Å². The fourth-order valence-electron chi connectivity index (χ4n) is 3.19. The van der Waals surface area contributed by atoms with Gasteiger partial charge in [0.05, 0.1) is 17.6 Å². The molecule has 0 aliphatic rings. The summed E-state index contributed by atoms with van der Waals surface area (Å²) in [6.07, 6.45) is 1.55. The smallest absolute Gasteiger partial charge is 0.268 e. The Bertz CT molecular complexity index is 903. The maximum Gasteiger partial charge on any atom is 0.268 e. The van der Waals surface area contributed by atoms with E-state index in [0.29, 0.717) is 30.0 Å². The Labute approximate surface area is 146 Å². The molecule has 130 valence electrons. The minimum atomic E-state index is -0.223. The van der Waals surface area contributed by atoms with Gasteiger partial charge in [0.15, 0.2) is 5.78 Å². The van der Waals surface area contributed by atoms with E-state index < -0.39 is 0 Å². The Morgan fingerprint density at radius 3 is 2.64 bits per heavy atom. The summed E-state index contributed by atoms with van der Waals surface area (Å²) in [5, 5.41) is 2.88. The van der Waals surface area contributed by atoms with Crippen molar-refractivity contribution in [2.75, 3.05) is 0 Å². The van der Waals surface area contributed by atoms with E-state index in [9.17, 15) is 9.59 Å². The van der Waals surface area contributed by atoms with Crippen LogP contribution in [-0.4, -0.2) is 26.6 Å². The first kappa shape index (κ1) is 17.0. The number of aryl methyl sites for hydroxylation is 1. The van der Waals surface area contributed by atoms with Gasteiger partial charge in [-0.1, -0.05) is 25.5 Å². The molecule has 0 spiro atoms. The van der Waals surface area contributed by atoms with Crippen molar-refractivity contribution in [1.82, 2.24) is 20.3 Å². The molecule has 0 radical (unpaired) electrons. The second kappa shape index (κ2) is 6.93. The van der Waals surface area contributed by atoms with Gasteiger partial charge in [-0.15, -0.1) is 0 Å². The van der Waals surface area contributed by atoms with Crippen molar-refractivity contribution in [3.63, 3.8) is 0 Å². The molecule has 0 saturated carbocycles. The molecule has 0 bridgehead atoms. The first-order chi connectivity index (χ1) is 12.0. The molecule has 0 aliphatic carbocycles. The van der Waals surface area contributed by atoms with E-state index in [1.54, 1.807) is 0 Å². The molecule has 3 rings (SSSR count). The van der Waals surface area contributed by atoms with E-state index in [-0.39, 0.29) is 11.7 Å². The monoisotopic (exact) mass is 338 g/mol. The van der Waals surface area contributed by atoms with Gasteiger partial charge in [0, 0.05) is 11.3 Å². The number of fused-ring (bicyclic) bond motifs is 1. The number of rotatable bonds is 6. The number of imidazole rings is 1. The molecule has 1 amide bonds. The van der Waals surface area contributed by atoms with Gasteiger partial charge in [-0.25, -0.2) is 4.98 Å². The van der Waals surface area contributed by atoms with Crippen molar-refractivity contribution in [2.24, 2.45) is 0 Å². The molecule has 0 saturated heterocycles. The normalized spacial score (nSPS) is 11.0. The van der Waals surface area contributed by atoms with Gasteiger partial charge in [-0.3, -0.25) is 9.59 Å². The number of aromatic nitrogens is 3. The summed E-state index contributed by atoms with van der Waals surface area (Å²) in [5.74, 6) is 0.453.